The summed E-state index contributed by atoms with van der Waals surface area (Å²) in [6.07, 6.45) is 1.52. The standard InChI is InChI=1S/C21H31N5O3/c1-15-12-16(2)26(23-15)18-9-8-17(13-22-18)20(28)25(11-10-24(6)7)14-19(27)29-21(3,4)5/h8-9,12-13H,10-11,14H2,1-7H3. The van der Waals surface area contributed by atoms with Gasteiger partial charge in [0.15, 0.2) is 5.82 Å². The molecule has 0 aliphatic rings. The van der Waals surface area contributed by atoms with Gasteiger partial charge in [-0.15, -0.1) is 0 Å². The highest BCUT2D eigenvalue weighted by atomic mass is 16.6. The van der Waals surface area contributed by atoms with Crippen molar-refractivity contribution in [3.8, 4) is 5.82 Å². The van der Waals surface area contributed by atoms with E-state index in [2.05, 4.69) is 10.1 Å². The summed E-state index contributed by atoms with van der Waals surface area (Å²) in [5.41, 5.74) is 1.68. The Bertz CT molecular complexity index is 850. The molecule has 29 heavy (non-hydrogen) atoms. The van der Waals surface area contributed by atoms with Gasteiger partial charge in [-0.1, -0.05) is 0 Å². The molecule has 0 spiro atoms. The quantitative estimate of drug-likeness (QED) is 0.662. The second-order valence-electron chi connectivity index (χ2n) is 8.36. The Kier molecular flexibility index (Phi) is 7.13. The zero-order valence-corrected chi connectivity index (χ0v) is 18.4. The van der Waals surface area contributed by atoms with Crippen LogP contribution >= 0.6 is 0 Å². The first-order valence-electron chi connectivity index (χ1n) is 9.62. The Morgan fingerprint density at radius 2 is 1.83 bits per heavy atom. The molecule has 2 rings (SSSR count). The molecule has 0 radical (unpaired) electrons. The highest BCUT2D eigenvalue weighted by Gasteiger charge is 2.23. The summed E-state index contributed by atoms with van der Waals surface area (Å²) < 4.78 is 7.11. The molecule has 0 unspecified atom stereocenters. The summed E-state index contributed by atoms with van der Waals surface area (Å²) in [5, 5.41) is 4.40. The van der Waals surface area contributed by atoms with Gasteiger partial charge in [-0.2, -0.15) is 5.10 Å². The van der Waals surface area contributed by atoms with Crippen molar-refractivity contribution >= 4 is 11.9 Å². The molecule has 0 aliphatic carbocycles. The third-order valence-corrected chi connectivity index (χ3v) is 4.07. The third-order valence-electron chi connectivity index (χ3n) is 4.07. The lowest BCUT2D eigenvalue weighted by molar-refractivity contribution is -0.155. The number of pyridine rings is 1. The number of aryl methyl sites for hydroxylation is 2. The lowest BCUT2D eigenvalue weighted by Crippen LogP contribution is -2.42. The summed E-state index contributed by atoms with van der Waals surface area (Å²) >= 11 is 0. The Balaban J connectivity index is 2.18. The van der Waals surface area contributed by atoms with E-state index in [0.29, 0.717) is 24.5 Å². The first-order valence-corrected chi connectivity index (χ1v) is 9.62. The Morgan fingerprint density at radius 1 is 1.14 bits per heavy atom. The Hall–Kier alpha value is -2.74. The number of hydrogen-bond donors (Lipinski definition) is 0. The summed E-state index contributed by atoms with van der Waals surface area (Å²) in [6, 6.07) is 5.42. The van der Waals surface area contributed by atoms with Crippen molar-refractivity contribution in [3.05, 3.63) is 41.3 Å². The van der Waals surface area contributed by atoms with Crippen LogP contribution in [0.15, 0.2) is 24.4 Å². The predicted molar refractivity (Wildman–Crippen MR) is 111 cm³/mol. The van der Waals surface area contributed by atoms with Crippen LogP contribution in [0.1, 0.15) is 42.5 Å². The van der Waals surface area contributed by atoms with Crippen LogP contribution in [-0.2, 0) is 9.53 Å². The molecular weight excluding hydrogens is 370 g/mol. The Morgan fingerprint density at radius 3 is 2.31 bits per heavy atom. The van der Waals surface area contributed by atoms with Gasteiger partial charge in [0, 0.05) is 25.0 Å². The van der Waals surface area contributed by atoms with Crippen LogP contribution in [0.25, 0.3) is 5.82 Å². The zero-order valence-electron chi connectivity index (χ0n) is 18.4. The number of ether oxygens (including phenoxy) is 1. The first kappa shape index (κ1) is 22.5. The summed E-state index contributed by atoms with van der Waals surface area (Å²) in [7, 11) is 3.84. The van der Waals surface area contributed by atoms with Crippen LogP contribution in [0.3, 0.4) is 0 Å². The molecule has 0 aliphatic heterocycles. The number of esters is 1. The van der Waals surface area contributed by atoms with Gasteiger partial charge in [0.2, 0.25) is 0 Å². The van der Waals surface area contributed by atoms with E-state index in [1.165, 1.54) is 11.1 Å². The number of carbonyl (C=O) groups is 2. The second-order valence-corrected chi connectivity index (χ2v) is 8.36. The van der Waals surface area contributed by atoms with Crippen LogP contribution in [0.5, 0.6) is 0 Å². The maximum Gasteiger partial charge on any atom is 0.326 e. The number of nitrogens with zero attached hydrogens (tertiary/aromatic N) is 5. The average Bonchev–Trinajstić information content (AvgIpc) is 2.94. The van der Waals surface area contributed by atoms with Gasteiger partial charge in [-0.25, -0.2) is 9.67 Å². The largest absolute Gasteiger partial charge is 0.459 e. The lowest BCUT2D eigenvalue weighted by atomic mass is 10.2. The van der Waals surface area contributed by atoms with Crippen LogP contribution in [0, 0.1) is 13.8 Å². The van der Waals surface area contributed by atoms with Crippen LogP contribution in [-0.4, -0.2) is 75.8 Å². The first-order chi connectivity index (χ1) is 13.5. The third kappa shape index (κ3) is 6.67. The fourth-order valence-corrected chi connectivity index (χ4v) is 2.78. The van der Waals surface area contributed by atoms with E-state index in [1.54, 1.807) is 37.6 Å². The number of rotatable bonds is 7. The predicted octanol–water partition coefficient (Wildman–Crippen LogP) is 2.23. The van der Waals surface area contributed by atoms with Crippen molar-refractivity contribution in [1.29, 1.82) is 0 Å². The minimum atomic E-state index is -0.601. The molecule has 0 bridgehead atoms. The van der Waals surface area contributed by atoms with E-state index < -0.39 is 11.6 Å². The molecule has 0 saturated heterocycles. The van der Waals surface area contributed by atoms with Crippen molar-refractivity contribution in [2.24, 2.45) is 0 Å². The van der Waals surface area contributed by atoms with Crippen molar-refractivity contribution in [2.45, 2.75) is 40.2 Å². The monoisotopic (exact) mass is 401 g/mol. The van der Waals surface area contributed by atoms with E-state index in [-0.39, 0.29) is 12.5 Å². The molecule has 0 atom stereocenters. The Labute approximate surface area is 172 Å². The summed E-state index contributed by atoms with van der Waals surface area (Å²) in [4.78, 5) is 33.1. The van der Waals surface area contributed by atoms with Gasteiger partial charge in [0.1, 0.15) is 12.1 Å². The molecule has 1 amide bonds. The van der Waals surface area contributed by atoms with Crippen LogP contribution in [0.2, 0.25) is 0 Å². The topological polar surface area (TPSA) is 80.6 Å². The SMILES string of the molecule is Cc1cc(C)n(-c2ccc(C(=O)N(CCN(C)C)CC(=O)OC(C)(C)C)cn2)n1. The maximum absolute atomic E-state index is 13.0. The van der Waals surface area contributed by atoms with Crippen molar-refractivity contribution < 1.29 is 14.3 Å². The van der Waals surface area contributed by atoms with Gasteiger partial charge in [0.25, 0.3) is 5.91 Å². The van der Waals surface area contributed by atoms with E-state index in [1.807, 2.05) is 38.9 Å². The molecule has 2 aromatic rings. The number of amides is 1. The number of aromatic nitrogens is 3. The second kappa shape index (κ2) is 9.17. The molecule has 2 aromatic heterocycles. The molecular formula is C21H31N5O3. The lowest BCUT2D eigenvalue weighted by Gasteiger charge is -2.26. The zero-order chi connectivity index (χ0) is 21.8. The van der Waals surface area contributed by atoms with Crippen molar-refractivity contribution in [3.63, 3.8) is 0 Å². The summed E-state index contributed by atoms with van der Waals surface area (Å²) in [5.74, 6) is -0.0545. The fourth-order valence-electron chi connectivity index (χ4n) is 2.78. The van der Waals surface area contributed by atoms with E-state index in [0.717, 1.165) is 11.4 Å². The maximum atomic E-state index is 13.0. The van der Waals surface area contributed by atoms with Gasteiger partial charge in [0.05, 0.1) is 11.3 Å². The molecule has 0 fully saturated rings. The van der Waals surface area contributed by atoms with Gasteiger partial charge >= 0.3 is 5.97 Å². The molecule has 158 valence electrons. The molecule has 8 nitrogen and oxygen atoms in total. The van der Waals surface area contributed by atoms with Crippen LogP contribution in [0.4, 0.5) is 0 Å². The van der Waals surface area contributed by atoms with Crippen molar-refractivity contribution in [1.82, 2.24) is 24.6 Å². The van der Waals surface area contributed by atoms with Crippen LogP contribution < -0.4 is 0 Å². The number of likely N-dealkylation sites (N-methyl/N-ethyl adjacent to an activating group) is 1. The smallest absolute Gasteiger partial charge is 0.326 e. The number of carbonyl (C=O) groups excluding carboxylic acids is 2. The van der Waals surface area contributed by atoms with E-state index in [9.17, 15) is 9.59 Å². The number of hydrogen-bond acceptors (Lipinski definition) is 6. The molecule has 2 heterocycles. The normalized spacial score (nSPS) is 11.6. The van der Waals surface area contributed by atoms with E-state index in [4.69, 9.17) is 4.74 Å². The van der Waals surface area contributed by atoms with Gasteiger partial charge in [-0.3, -0.25) is 9.59 Å². The fraction of sp³-hybridized carbons (Fsp3) is 0.524. The minimum absolute atomic E-state index is 0.108. The van der Waals surface area contributed by atoms with Crippen molar-refractivity contribution in [2.75, 3.05) is 33.7 Å². The molecule has 8 heteroatoms. The molecule has 0 saturated carbocycles. The molecule has 0 aromatic carbocycles. The minimum Gasteiger partial charge on any atom is -0.459 e. The van der Waals surface area contributed by atoms with E-state index >= 15 is 0 Å². The average molecular weight is 402 g/mol. The highest BCUT2D eigenvalue weighted by molar-refractivity contribution is 5.95. The molecule has 0 N–H and O–H groups in total. The summed E-state index contributed by atoms with van der Waals surface area (Å²) in [6.45, 7) is 10.2. The van der Waals surface area contributed by atoms with Gasteiger partial charge in [-0.05, 0) is 66.9 Å². The highest BCUT2D eigenvalue weighted by Crippen LogP contribution is 2.13. The van der Waals surface area contributed by atoms with Gasteiger partial charge < -0.3 is 14.5 Å².